The van der Waals surface area contributed by atoms with E-state index < -0.39 is 11.7 Å². The Kier molecular flexibility index (Phi) is 13.8. The van der Waals surface area contributed by atoms with Crippen LogP contribution in [0.15, 0.2) is 90.5 Å². The third kappa shape index (κ3) is 9.12. The molecule has 7 rings (SSSR count). The molecular formula is C52H71NO6. The first-order valence-corrected chi connectivity index (χ1v) is 22.8. The van der Waals surface area contributed by atoms with Crippen LogP contribution in [0.4, 0.5) is 4.79 Å². The van der Waals surface area contributed by atoms with Crippen molar-refractivity contribution in [1.82, 2.24) is 5.32 Å². The molecule has 59 heavy (non-hydrogen) atoms. The number of allylic oxidation sites excluding steroid dienone is 1. The number of rotatable bonds is 17. The van der Waals surface area contributed by atoms with Crippen molar-refractivity contribution >= 4 is 6.09 Å². The van der Waals surface area contributed by atoms with E-state index in [0.29, 0.717) is 24.8 Å². The second-order valence-electron chi connectivity index (χ2n) is 19.2. The summed E-state index contributed by atoms with van der Waals surface area (Å²) in [6.07, 6.45) is 16.0. The number of carbonyl (C=O) groups is 1. The number of aliphatic hydroxyl groups is 1. The highest BCUT2D eigenvalue weighted by Crippen LogP contribution is 2.67. The number of fused-ring (bicyclic) bond motifs is 5. The van der Waals surface area contributed by atoms with Gasteiger partial charge < -0.3 is 29.4 Å². The minimum Gasteiger partial charge on any atom is -0.497 e. The first kappa shape index (κ1) is 43.3. The van der Waals surface area contributed by atoms with Gasteiger partial charge in [0.15, 0.2) is 0 Å². The molecule has 0 aliphatic heterocycles. The van der Waals surface area contributed by atoms with Crippen LogP contribution in [0.2, 0.25) is 0 Å². The zero-order valence-electron chi connectivity index (χ0n) is 36.7. The third-order valence-corrected chi connectivity index (χ3v) is 15.6. The number of carbonyl (C=O) groups excluding carboxylic acids is 1. The second-order valence-corrected chi connectivity index (χ2v) is 19.2. The number of nitrogens with one attached hydrogen (secondary N) is 1. The zero-order chi connectivity index (χ0) is 41.6. The van der Waals surface area contributed by atoms with Crippen molar-refractivity contribution in [2.24, 2.45) is 40.4 Å². The summed E-state index contributed by atoms with van der Waals surface area (Å²) in [6.45, 7) is 10.5. The fraction of sp³-hybridized carbons (Fsp3) is 0.596. The van der Waals surface area contributed by atoms with Crippen LogP contribution in [-0.4, -0.2) is 50.8 Å². The summed E-state index contributed by atoms with van der Waals surface area (Å²) in [5.41, 5.74) is 4.17. The van der Waals surface area contributed by atoms with Crippen LogP contribution in [0.1, 0.15) is 128 Å². The minimum absolute atomic E-state index is 0.100. The Morgan fingerprint density at radius 2 is 1.47 bits per heavy atom. The molecule has 3 aromatic carbocycles. The van der Waals surface area contributed by atoms with Gasteiger partial charge in [-0.15, -0.1) is 0 Å². The van der Waals surface area contributed by atoms with Crippen molar-refractivity contribution in [3.63, 3.8) is 0 Å². The third-order valence-electron chi connectivity index (χ3n) is 15.6. The van der Waals surface area contributed by atoms with Gasteiger partial charge in [-0.05, 0) is 146 Å². The smallest absolute Gasteiger partial charge is 0.407 e. The Labute approximate surface area is 354 Å². The van der Waals surface area contributed by atoms with Crippen molar-refractivity contribution in [1.29, 1.82) is 0 Å². The van der Waals surface area contributed by atoms with E-state index in [1.165, 1.54) is 56.9 Å². The molecule has 0 spiro atoms. The summed E-state index contributed by atoms with van der Waals surface area (Å²) in [7, 11) is 3.32. The van der Waals surface area contributed by atoms with Crippen LogP contribution < -0.4 is 14.8 Å². The van der Waals surface area contributed by atoms with Gasteiger partial charge in [0.1, 0.15) is 23.2 Å². The highest BCUT2D eigenvalue weighted by atomic mass is 16.6. The number of hydrogen-bond acceptors (Lipinski definition) is 6. The van der Waals surface area contributed by atoms with Crippen molar-refractivity contribution in [2.75, 3.05) is 27.4 Å². The van der Waals surface area contributed by atoms with Gasteiger partial charge in [-0.2, -0.15) is 0 Å². The number of methoxy groups -OCH3 is 2. The molecule has 8 atom stereocenters. The normalized spacial score (nSPS) is 28.1. The number of aliphatic hydroxyl groups excluding tert-OH is 1. The predicted molar refractivity (Wildman–Crippen MR) is 236 cm³/mol. The van der Waals surface area contributed by atoms with E-state index in [0.717, 1.165) is 77.0 Å². The SMILES string of the molecule is COc1ccc(C(OCCC(O)CCNC(=O)O[C@@H]2CC[C@]3(C)C(=CCC4C5CCC(CCCC(C)C)[C@]5(C)CCC43)C2)(c2ccccc2)c2ccc(OC)cc2)cc1. The van der Waals surface area contributed by atoms with E-state index in [2.05, 4.69) is 51.2 Å². The van der Waals surface area contributed by atoms with Crippen LogP contribution >= 0.6 is 0 Å². The molecule has 0 bridgehead atoms. The first-order valence-electron chi connectivity index (χ1n) is 22.8. The minimum atomic E-state index is -0.948. The highest BCUT2D eigenvalue weighted by Gasteiger charge is 2.58. The Balaban J connectivity index is 0.912. The van der Waals surface area contributed by atoms with Gasteiger partial charge in [-0.3, -0.25) is 0 Å². The van der Waals surface area contributed by atoms with E-state index in [-0.39, 0.29) is 24.2 Å². The molecule has 7 nitrogen and oxygen atoms in total. The average molecular weight is 806 g/mol. The molecule has 3 fully saturated rings. The highest BCUT2D eigenvalue weighted by molar-refractivity contribution is 5.67. The summed E-state index contributed by atoms with van der Waals surface area (Å²) < 4.78 is 23.9. The van der Waals surface area contributed by atoms with Crippen LogP contribution in [0.5, 0.6) is 11.5 Å². The molecular weight excluding hydrogens is 735 g/mol. The quantitative estimate of drug-likeness (QED) is 0.104. The maximum atomic E-state index is 13.1. The molecule has 4 aliphatic rings. The zero-order valence-corrected chi connectivity index (χ0v) is 36.7. The van der Waals surface area contributed by atoms with Crippen LogP contribution in [0.25, 0.3) is 0 Å². The monoisotopic (exact) mass is 806 g/mol. The Bertz CT molecular complexity index is 1790. The number of benzene rings is 3. The molecule has 4 aliphatic carbocycles. The van der Waals surface area contributed by atoms with E-state index in [9.17, 15) is 9.90 Å². The molecule has 0 heterocycles. The summed E-state index contributed by atoms with van der Waals surface area (Å²) in [6, 6.07) is 26.0. The van der Waals surface area contributed by atoms with E-state index in [4.69, 9.17) is 18.9 Å². The van der Waals surface area contributed by atoms with Gasteiger partial charge in [0.05, 0.1) is 26.9 Å². The van der Waals surface area contributed by atoms with Gasteiger partial charge in [0.2, 0.25) is 0 Å². The van der Waals surface area contributed by atoms with Crippen molar-refractivity contribution in [3.05, 3.63) is 107 Å². The largest absolute Gasteiger partial charge is 0.497 e. The summed E-state index contributed by atoms with van der Waals surface area (Å²) in [5.74, 6) is 5.63. The lowest BCUT2D eigenvalue weighted by molar-refractivity contribution is -0.0520. The number of alkyl carbamates (subject to hydrolysis) is 1. The second kappa shape index (κ2) is 18.8. The molecule has 3 aromatic rings. The molecule has 0 aromatic heterocycles. The molecule has 0 radical (unpaired) electrons. The Hall–Kier alpha value is -3.81. The molecule has 320 valence electrons. The molecule has 1 amide bonds. The van der Waals surface area contributed by atoms with Crippen LogP contribution in [0, 0.1) is 40.4 Å². The summed E-state index contributed by atoms with van der Waals surface area (Å²) >= 11 is 0. The maximum Gasteiger partial charge on any atom is 0.407 e. The van der Waals surface area contributed by atoms with Gasteiger partial charge in [-0.1, -0.05) is 107 Å². The Morgan fingerprint density at radius 1 is 0.814 bits per heavy atom. The van der Waals surface area contributed by atoms with E-state index in [1.807, 2.05) is 66.7 Å². The first-order chi connectivity index (χ1) is 28.5. The van der Waals surface area contributed by atoms with Gasteiger partial charge in [0, 0.05) is 13.0 Å². The van der Waals surface area contributed by atoms with Crippen LogP contribution in [-0.2, 0) is 15.1 Å². The van der Waals surface area contributed by atoms with Gasteiger partial charge in [-0.25, -0.2) is 4.79 Å². The van der Waals surface area contributed by atoms with Crippen molar-refractivity contribution in [2.45, 2.75) is 129 Å². The number of hydrogen-bond donors (Lipinski definition) is 2. The topological polar surface area (TPSA) is 86.2 Å². The van der Waals surface area contributed by atoms with Crippen molar-refractivity contribution < 1.29 is 28.8 Å². The standard InChI is InChI=1S/C52H71NO6/c1-36(2)11-10-14-37-20-26-47-46-25-19-41-35-45(27-31-51(41,4)48(46)28-32-50(37,47)3)59-49(55)53-33-29-42(54)30-34-58-52(38-12-8-7-9-13-38,39-15-21-43(56-5)22-16-39)40-17-23-44(57-6)24-18-40/h7-9,12-13,15-19,21-24,36-37,42,45-48,54H,10-11,14,20,25-35H2,1-6H3,(H,53,55)/t37?,42?,45-,46?,47?,48?,50+,51-/m1/s1. The molecule has 2 N–H and O–H groups in total. The van der Waals surface area contributed by atoms with E-state index in [1.54, 1.807) is 14.2 Å². The summed E-state index contributed by atoms with van der Waals surface area (Å²) in [4.78, 5) is 13.1. The summed E-state index contributed by atoms with van der Waals surface area (Å²) in [5, 5.41) is 14.1. The van der Waals surface area contributed by atoms with Gasteiger partial charge >= 0.3 is 6.09 Å². The number of ether oxygens (including phenoxy) is 4. The fourth-order valence-electron chi connectivity index (χ4n) is 12.2. The average Bonchev–Trinajstić information content (AvgIpc) is 3.58. The van der Waals surface area contributed by atoms with Crippen LogP contribution in [0.3, 0.4) is 0 Å². The lowest BCUT2D eigenvalue weighted by Crippen LogP contribution is -2.50. The molecule has 3 saturated carbocycles. The van der Waals surface area contributed by atoms with E-state index >= 15 is 0 Å². The lowest BCUT2D eigenvalue weighted by atomic mass is 9.47. The Morgan fingerprint density at radius 3 is 2.12 bits per heavy atom. The molecule has 5 unspecified atom stereocenters. The molecule has 0 saturated heterocycles. The predicted octanol–water partition coefficient (Wildman–Crippen LogP) is 11.7. The lowest BCUT2D eigenvalue weighted by Gasteiger charge is -2.58. The van der Waals surface area contributed by atoms with Crippen molar-refractivity contribution in [3.8, 4) is 11.5 Å². The molecule has 7 heteroatoms. The van der Waals surface area contributed by atoms with Gasteiger partial charge in [0.25, 0.3) is 0 Å². The fourth-order valence-corrected chi connectivity index (χ4v) is 12.2. The number of amides is 1. The maximum absolute atomic E-state index is 13.1.